The number of guanidine groups is 1. The van der Waals surface area contributed by atoms with Crippen LogP contribution >= 0.6 is 24.0 Å². The van der Waals surface area contributed by atoms with Gasteiger partial charge in [0.15, 0.2) is 5.96 Å². The van der Waals surface area contributed by atoms with Crippen LogP contribution in [0.3, 0.4) is 0 Å². The van der Waals surface area contributed by atoms with E-state index in [0.717, 1.165) is 37.1 Å². The molecule has 1 heterocycles. The predicted octanol–water partition coefficient (Wildman–Crippen LogP) is 3.00. The molecule has 5 nitrogen and oxygen atoms in total. The first-order chi connectivity index (χ1) is 11.3. The van der Waals surface area contributed by atoms with E-state index in [4.69, 9.17) is 0 Å². The molecule has 0 bridgehead atoms. The van der Waals surface area contributed by atoms with Gasteiger partial charge in [0.2, 0.25) is 0 Å². The van der Waals surface area contributed by atoms with Gasteiger partial charge in [0.05, 0.1) is 5.69 Å². The molecule has 0 radical (unpaired) electrons. The van der Waals surface area contributed by atoms with Crippen molar-refractivity contribution < 1.29 is 0 Å². The van der Waals surface area contributed by atoms with Gasteiger partial charge >= 0.3 is 0 Å². The summed E-state index contributed by atoms with van der Waals surface area (Å²) < 4.78 is 1.87. The van der Waals surface area contributed by atoms with Crippen LogP contribution in [0.25, 0.3) is 5.69 Å². The summed E-state index contributed by atoms with van der Waals surface area (Å²) in [5, 5.41) is 11.0. The Bertz CT molecular complexity index is 636. The van der Waals surface area contributed by atoms with Crippen LogP contribution in [-0.4, -0.2) is 34.9 Å². The summed E-state index contributed by atoms with van der Waals surface area (Å²) in [5.74, 6) is 1.71. The molecule has 2 N–H and O–H groups in total. The maximum absolute atomic E-state index is 4.67. The van der Waals surface area contributed by atoms with Gasteiger partial charge in [-0.05, 0) is 49.4 Å². The monoisotopic (exact) mass is 439 g/mol. The summed E-state index contributed by atoms with van der Waals surface area (Å²) in [6, 6.07) is 11.0. The van der Waals surface area contributed by atoms with Crippen LogP contribution < -0.4 is 10.6 Å². The van der Waals surface area contributed by atoms with E-state index in [1.165, 1.54) is 12.0 Å². The van der Waals surface area contributed by atoms with Crippen molar-refractivity contribution in [3.05, 3.63) is 48.3 Å². The summed E-state index contributed by atoms with van der Waals surface area (Å²) in [7, 11) is 0. The number of hydrogen-bond donors (Lipinski definition) is 2. The molecular formula is C18H26IN5. The highest BCUT2D eigenvalue weighted by Crippen LogP contribution is 2.28. The Balaban J connectivity index is 0.00000208. The van der Waals surface area contributed by atoms with Gasteiger partial charge in [-0.3, -0.25) is 4.99 Å². The maximum Gasteiger partial charge on any atom is 0.191 e. The van der Waals surface area contributed by atoms with Gasteiger partial charge in [-0.2, -0.15) is 5.10 Å². The number of halogens is 1. The van der Waals surface area contributed by atoms with Gasteiger partial charge in [-0.15, -0.1) is 24.0 Å². The molecule has 1 saturated carbocycles. The number of aromatic nitrogens is 2. The third kappa shape index (κ3) is 5.22. The SMILES string of the molecule is CCNC(=NCCc1ccc(-n2cccn2)cc1)NC1CC1C.I. The fraction of sp³-hybridized carbons (Fsp3) is 0.444. The predicted molar refractivity (Wildman–Crippen MR) is 109 cm³/mol. The van der Waals surface area contributed by atoms with Crippen molar-refractivity contribution in [3.63, 3.8) is 0 Å². The molecule has 6 heteroatoms. The van der Waals surface area contributed by atoms with Crippen LogP contribution in [0.4, 0.5) is 0 Å². The van der Waals surface area contributed by atoms with Crippen LogP contribution in [0, 0.1) is 5.92 Å². The second-order valence-corrected chi connectivity index (χ2v) is 6.09. The average molecular weight is 439 g/mol. The summed E-state index contributed by atoms with van der Waals surface area (Å²) >= 11 is 0. The summed E-state index contributed by atoms with van der Waals surface area (Å²) in [6.07, 6.45) is 5.93. The lowest BCUT2D eigenvalue weighted by Gasteiger charge is -2.10. The molecule has 2 atom stereocenters. The molecule has 0 amide bonds. The molecule has 1 aromatic heterocycles. The minimum absolute atomic E-state index is 0. The molecule has 0 saturated heterocycles. The van der Waals surface area contributed by atoms with E-state index in [9.17, 15) is 0 Å². The summed E-state index contributed by atoms with van der Waals surface area (Å²) in [6.45, 7) is 6.05. The number of aliphatic imine (C=N–C) groups is 1. The first kappa shape index (κ1) is 18.8. The molecule has 0 aliphatic heterocycles. The van der Waals surface area contributed by atoms with Crippen LogP contribution in [0.2, 0.25) is 0 Å². The van der Waals surface area contributed by atoms with Gasteiger partial charge < -0.3 is 10.6 Å². The second kappa shape index (κ2) is 9.05. The first-order valence-corrected chi connectivity index (χ1v) is 8.40. The molecule has 3 rings (SSSR count). The molecule has 130 valence electrons. The third-order valence-corrected chi connectivity index (χ3v) is 4.15. The Kier molecular flexibility index (Phi) is 7.08. The maximum atomic E-state index is 4.67. The lowest BCUT2D eigenvalue weighted by Crippen LogP contribution is -2.39. The Labute approximate surface area is 161 Å². The van der Waals surface area contributed by atoms with Crippen molar-refractivity contribution in [1.29, 1.82) is 0 Å². The molecule has 2 aromatic rings. The Morgan fingerprint density at radius 2 is 2.08 bits per heavy atom. The van der Waals surface area contributed by atoms with Crippen molar-refractivity contribution in [2.45, 2.75) is 32.7 Å². The fourth-order valence-electron chi connectivity index (χ4n) is 2.55. The topological polar surface area (TPSA) is 54.2 Å². The van der Waals surface area contributed by atoms with Crippen LogP contribution in [-0.2, 0) is 6.42 Å². The summed E-state index contributed by atoms with van der Waals surface area (Å²) in [5.41, 5.74) is 2.38. The zero-order chi connectivity index (χ0) is 16.1. The van der Waals surface area contributed by atoms with E-state index in [1.807, 2.05) is 16.9 Å². The van der Waals surface area contributed by atoms with E-state index in [-0.39, 0.29) is 24.0 Å². The molecule has 0 spiro atoms. The Hall–Kier alpha value is -1.57. The quantitative estimate of drug-likeness (QED) is 0.414. The number of hydrogen-bond acceptors (Lipinski definition) is 2. The first-order valence-electron chi connectivity index (χ1n) is 8.40. The minimum Gasteiger partial charge on any atom is -0.357 e. The van der Waals surface area contributed by atoms with Crippen molar-refractivity contribution >= 4 is 29.9 Å². The van der Waals surface area contributed by atoms with Crippen molar-refractivity contribution in [1.82, 2.24) is 20.4 Å². The van der Waals surface area contributed by atoms with E-state index in [0.29, 0.717) is 6.04 Å². The molecular weight excluding hydrogens is 413 g/mol. The number of nitrogens with zero attached hydrogens (tertiary/aromatic N) is 3. The average Bonchev–Trinajstić information content (AvgIpc) is 3.04. The van der Waals surface area contributed by atoms with Crippen molar-refractivity contribution in [3.8, 4) is 5.69 Å². The number of benzene rings is 1. The van der Waals surface area contributed by atoms with Gasteiger partial charge in [-0.25, -0.2) is 4.68 Å². The van der Waals surface area contributed by atoms with Gasteiger partial charge in [0.25, 0.3) is 0 Å². The van der Waals surface area contributed by atoms with Gasteiger partial charge in [0, 0.05) is 31.5 Å². The Morgan fingerprint density at radius 1 is 1.33 bits per heavy atom. The number of nitrogens with one attached hydrogen (secondary N) is 2. The molecule has 1 aliphatic rings. The molecule has 1 aromatic carbocycles. The molecule has 1 aliphatic carbocycles. The molecule has 2 unspecified atom stereocenters. The summed E-state index contributed by atoms with van der Waals surface area (Å²) in [4.78, 5) is 4.67. The van der Waals surface area contributed by atoms with Crippen molar-refractivity contribution in [2.24, 2.45) is 10.9 Å². The zero-order valence-electron chi connectivity index (χ0n) is 14.3. The number of rotatable bonds is 6. The third-order valence-electron chi connectivity index (χ3n) is 4.15. The minimum atomic E-state index is 0. The highest BCUT2D eigenvalue weighted by atomic mass is 127. The highest BCUT2D eigenvalue weighted by molar-refractivity contribution is 14.0. The standard InChI is InChI=1S/C18H25N5.HI/c1-3-19-18(22-17-13-14(17)2)20-11-9-15-5-7-16(8-6-15)23-12-4-10-21-23;/h4-8,10,12,14,17H,3,9,11,13H2,1-2H3,(H2,19,20,22);1H. The lowest BCUT2D eigenvalue weighted by molar-refractivity contribution is 0.765. The largest absolute Gasteiger partial charge is 0.357 e. The Morgan fingerprint density at radius 3 is 2.67 bits per heavy atom. The zero-order valence-corrected chi connectivity index (χ0v) is 16.6. The highest BCUT2D eigenvalue weighted by Gasteiger charge is 2.33. The second-order valence-electron chi connectivity index (χ2n) is 6.09. The van der Waals surface area contributed by atoms with E-state index in [1.54, 1.807) is 6.20 Å². The normalized spacial score (nSPS) is 19.5. The van der Waals surface area contributed by atoms with Crippen molar-refractivity contribution in [2.75, 3.05) is 13.1 Å². The van der Waals surface area contributed by atoms with Gasteiger partial charge in [-0.1, -0.05) is 19.1 Å². The van der Waals surface area contributed by atoms with E-state index in [2.05, 4.69) is 58.8 Å². The van der Waals surface area contributed by atoms with Crippen LogP contribution in [0.15, 0.2) is 47.7 Å². The lowest BCUT2D eigenvalue weighted by atomic mass is 10.1. The van der Waals surface area contributed by atoms with Gasteiger partial charge in [0.1, 0.15) is 0 Å². The van der Waals surface area contributed by atoms with Crippen LogP contribution in [0.5, 0.6) is 0 Å². The molecule has 24 heavy (non-hydrogen) atoms. The van der Waals surface area contributed by atoms with E-state index < -0.39 is 0 Å². The van der Waals surface area contributed by atoms with Crippen LogP contribution in [0.1, 0.15) is 25.8 Å². The fourth-order valence-corrected chi connectivity index (χ4v) is 2.55. The molecule has 1 fully saturated rings. The van der Waals surface area contributed by atoms with E-state index >= 15 is 0 Å². The smallest absolute Gasteiger partial charge is 0.191 e.